The van der Waals surface area contributed by atoms with Crippen molar-refractivity contribution in [3.05, 3.63) is 53.1 Å². The number of hydrogen-bond donors (Lipinski definition) is 1. The Morgan fingerprint density at radius 3 is 2.40 bits per heavy atom. The van der Waals surface area contributed by atoms with Gasteiger partial charge in [0.15, 0.2) is 0 Å². The number of hydrogen-bond acceptors (Lipinski definition) is 1. The third-order valence-corrected chi connectivity index (χ3v) is 3.27. The molecule has 1 aliphatic carbocycles. The second-order valence-corrected chi connectivity index (χ2v) is 4.15. The molecule has 0 bridgehead atoms. The smallest absolute Gasteiger partial charge is 0.0356 e. The Balaban J connectivity index is 2.33. The highest BCUT2D eigenvalue weighted by Gasteiger charge is 2.20. The summed E-state index contributed by atoms with van der Waals surface area (Å²) in [6, 6.07) is 12.7. The summed E-state index contributed by atoms with van der Waals surface area (Å²) in [5.41, 5.74) is 13.7. The molecule has 0 aliphatic heterocycles. The zero-order chi connectivity index (χ0) is 10.4. The standard InChI is InChI=1S/C14H13N/c1-9-4-2-5-10-11-6-3-7-14(15)13(11)8-12(9)10/h2-7H,8,15H2,1H3. The fourth-order valence-electron chi connectivity index (χ4n) is 2.42. The lowest BCUT2D eigenvalue weighted by Gasteiger charge is -2.02. The molecule has 1 aliphatic rings. The van der Waals surface area contributed by atoms with E-state index in [2.05, 4.69) is 31.2 Å². The van der Waals surface area contributed by atoms with Gasteiger partial charge in [0.2, 0.25) is 0 Å². The van der Waals surface area contributed by atoms with E-state index in [9.17, 15) is 0 Å². The second-order valence-electron chi connectivity index (χ2n) is 4.15. The van der Waals surface area contributed by atoms with Crippen molar-refractivity contribution in [1.29, 1.82) is 0 Å². The SMILES string of the molecule is Cc1cccc2c1Cc1c(N)cccc1-2. The first kappa shape index (κ1) is 8.54. The van der Waals surface area contributed by atoms with Gasteiger partial charge in [-0.15, -0.1) is 0 Å². The van der Waals surface area contributed by atoms with Crippen molar-refractivity contribution < 1.29 is 0 Å². The predicted octanol–water partition coefficient (Wildman–Crippen LogP) is 3.15. The van der Waals surface area contributed by atoms with Gasteiger partial charge in [0.25, 0.3) is 0 Å². The van der Waals surface area contributed by atoms with Gasteiger partial charge >= 0.3 is 0 Å². The Morgan fingerprint density at radius 2 is 1.60 bits per heavy atom. The third kappa shape index (κ3) is 1.09. The summed E-state index contributed by atoms with van der Waals surface area (Å²) in [6.07, 6.45) is 0.990. The van der Waals surface area contributed by atoms with E-state index < -0.39 is 0 Å². The molecule has 0 heterocycles. The van der Waals surface area contributed by atoms with Crippen LogP contribution in [0.25, 0.3) is 11.1 Å². The summed E-state index contributed by atoms with van der Waals surface area (Å²) in [4.78, 5) is 0. The van der Waals surface area contributed by atoms with Gasteiger partial charge in [0.05, 0.1) is 0 Å². The van der Waals surface area contributed by atoms with Crippen molar-refractivity contribution in [2.24, 2.45) is 0 Å². The quantitative estimate of drug-likeness (QED) is 0.548. The lowest BCUT2D eigenvalue weighted by Crippen LogP contribution is -1.92. The summed E-state index contributed by atoms with van der Waals surface area (Å²) < 4.78 is 0. The maximum absolute atomic E-state index is 6.00. The predicted molar refractivity (Wildman–Crippen MR) is 63.8 cm³/mol. The van der Waals surface area contributed by atoms with Crippen molar-refractivity contribution in [2.75, 3.05) is 5.73 Å². The zero-order valence-electron chi connectivity index (χ0n) is 8.75. The number of aryl methyl sites for hydroxylation is 1. The lowest BCUT2D eigenvalue weighted by molar-refractivity contribution is 1.22. The molecule has 0 radical (unpaired) electrons. The van der Waals surface area contributed by atoms with Crippen LogP contribution >= 0.6 is 0 Å². The van der Waals surface area contributed by atoms with Crippen LogP contribution in [-0.4, -0.2) is 0 Å². The highest BCUT2D eigenvalue weighted by molar-refractivity contribution is 5.82. The molecule has 0 aromatic heterocycles. The van der Waals surface area contributed by atoms with Gasteiger partial charge in [-0.05, 0) is 40.8 Å². The molecule has 0 amide bonds. The monoisotopic (exact) mass is 195 g/mol. The van der Waals surface area contributed by atoms with E-state index in [-0.39, 0.29) is 0 Å². The minimum Gasteiger partial charge on any atom is -0.398 e. The molecule has 2 N–H and O–H groups in total. The number of fused-ring (bicyclic) bond motifs is 3. The van der Waals surface area contributed by atoms with Gasteiger partial charge in [0.1, 0.15) is 0 Å². The van der Waals surface area contributed by atoms with Gasteiger partial charge in [0, 0.05) is 12.1 Å². The van der Waals surface area contributed by atoms with Crippen LogP contribution < -0.4 is 5.73 Å². The molecule has 0 fully saturated rings. The molecule has 1 nitrogen and oxygen atoms in total. The Bertz CT molecular complexity index is 492. The molecule has 0 spiro atoms. The van der Waals surface area contributed by atoms with E-state index in [4.69, 9.17) is 5.73 Å². The van der Waals surface area contributed by atoms with Gasteiger partial charge in [-0.3, -0.25) is 0 Å². The first-order valence-electron chi connectivity index (χ1n) is 5.23. The molecule has 74 valence electrons. The Kier molecular flexibility index (Phi) is 1.63. The summed E-state index contributed by atoms with van der Waals surface area (Å²) in [5, 5.41) is 0. The van der Waals surface area contributed by atoms with Crippen LogP contribution in [0.4, 0.5) is 5.69 Å². The first-order valence-corrected chi connectivity index (χ1v) is 5.23. The topological polar surface area (TPSA) is 26.0 Å². The number of rotatable bonds is 0. The minimum absolute atomic E-state index is 0.920. The number of benzene rings is 2. The normalized spacial score (nSPS) is 12.3. The molecule has 15 heavy (non-hydrogen) atoms. The number of nitrogens with two attached hydrogens (primary N) is 1. The van der Waals surface area contributed by atoms with Crippen LogP contribution in [-0.2, 0) is 6.42 Å². The lowest BCUT2D eigenvalue weighted by atomic mass is 10.0. The van der Waals surface area contributed by atoms with Gasteiger partial charge in [-0.25, -0.2) is 0 Å². The molecule has 1 heteroatoms. The molecular formula is C14H13N. The summed E-state index contributed by atoms with van der Waals surface area (Å²) in [6.45, 7) is 2.17. The van der Waals surface area contributed by atoms with E-state index >= 15 is 0 Å². The van der Waals surface area contributed by atoms with Crippen molar-refractivity contribution >= 4 is 5.69 Å². The maximum atomic E-state index is 6.00. The molecule has 2 aromatic rings. The Morgan fingerprint density at radius 1 is 0.933 bits per heavy atom. The molecule has 0 atom stereocenters. The molecular weight excluding hydrogens is 182 g/mol. The van der Waals surface area contributed by atoms with E-state index in [1.54, 1.807) is 0 Å². The van der Waals surface area contributed by atoms with E-state index in [1.165, 1.54) is 27.8 Å². The number of nitrogen functional groups attached to an aromatic ring is 1. The van der Waals surface area contributed by atoms with Crippen LogP contribution in [0.5, 0.6) is 0 Å². The second kappa shape index (κ2) is 2.86. The third-order valence-electron chi connectivity index (χ3n) is 3.27. The fraction of sp³-hybridized carbons (Fsp3) is 0.143. The van der Waals surface area contributed by atoms with Crippen molar-refractivity contribution in [2.45, 2.75) is 13.3 Å². The van der Waals surface area contributed by atoms with Crippen molar-refractivity contribution in [3.8, 4) is 11.1 Å². The van der Waals surface area contributed by atoms with E-state index in [0.717, 1.165) is 12.1 Å². The van der Waals surface area contributed by atoms with Crippen LogP contribution in [0.15, 0.2) is 36.4 Å². The highest BCUT2D eigenvalue weighted by atomic mass is 14.6. The summed E-state index contributed by atoms with van der Waals surface area (Å²) in [7, 11) is 0. The van der Waals surface area contributed by atoms with E-state index in [0.29, 0.717) is 0 Å². The minimum atomic E-state index is 0.920. The van der Waals surface area contributed by atoms with Crippen LogP contribution in [0.3, 0.4) is 0 Å². The average Bonchev–Trinajstić information content (AvgIpc) is 2.60. The number of anilines is 1. The Hall–Kier alpha value is -1.76. The van der Waals surface area contributed by atoms with E-state index in [1.807, 2.05) is 12.1 Å². The zero-order valence-corrected chi connectivity index (χ0v) is 8.75. The molecule has 0 saturated carbocycles. The van der Waals surface area contributed by atoms with Crippen molar-refractivity contribution in [1.82, 2.24) is 0 Å². The molecule has 3 rings (SSSR count). The molecule has 0 saturated heterocycles. The van der Waals surface area contributed by atoms with Gasteiger partial charge < -0.3 is 5.73 Å². The summed E-state index contributed by atoms with van der Waals surface area (Å²) in [5.74, 6) is 0. The Labute approximate surface area is 89.6 Å². The average molecular weight is 195 g/mol. The first-order chi connectivity index (χ1) is 7.27. The van der Waals surface area contributed by atoms with Crippen LogP contribution in [0.2, 0.25) is 0 Å². The fourth-order valence-corrected chi connectivity index (χ4v) is 2.42. The maximum Gasteiger partial charge on any atom is 0.0356 e. The van der Waals surface area contributed by atoms with Crippen LogP contribution in [0.1, 0.15) is 16.7 Å². The van der Waals surface area contributed by atoms with Gasteiger partial charge in [-0.1, -0.05) is 30.3 Å². The largest absolute Gasteiger partial charge is 0.398 e. The van der Waals surface area contributed by atoms with Gasteiger partial charge in [-0.2, -0.15) is 0 Å². The summed E-state index contributed by atoms with van der Waals surface area (Å²) >= 11 is 0. The highest BCUT2D eigenvalue weighted by Crippen LogP contribution is 2.40. The van der Waals surface area contributed by atoms with Crippen molar-refractivity contribution in [3.63, 3.8) is 0 Å². The molecule has 0 unspecified atom stereocenters. The molecule has 2 aromatic carbocycles. The van der Waals surface area contributed by atoms with Crippen LogP contribution in [0, 0.1) is 6.92 Å².